The number of hydrogen-bond acceptors (Lipinski definition) is 3. The molecule has 0 heterocycles. The number of allylic oxidation sites excluding steroid dienone is 2. The van der Waals surface area contributed by atoms with E-state index in [0.29, 0.717) is 12.3 Å². The smallest absolute Gasteiger partial charge is 0.162 e. The van der Waals surface area contributed by atoms with E-state index in [9.17, 15) is 4.79 Å². The highest BCUT2D eigenvalue weighted by Gasteiger charge is 2.41. The molecule has 0 saturated carbocycles. The normalized spacial score (nSPS) is 29.6. The molecule has 0 amide bonds. The third-order valence-electron chi connectivity index (χ3n) is 3.63. The minimum absolute atomic E-state index is 0.0265. The Kier molecular flexibility index (Phi) is 5.16. The van der Waals surface area contributed by atoms with Crippen LogP contribution in [-0.4, -0.2) is 26.8 Å². The molecule has 3 nitrogen and oxygen atoms in total. The van der Waals surface area contributed by atoms with Crippen molar-refractivity contribution < 1.29 is 14.3 Å². The van der Waals surface area contributed by atoms with Gasteiger partial charge >= 0.3 is 0 Å². The Bertz CT molecular complexity index is 246. The zero-order chi connectivity index (χ0) is 12.0. The fraction of sp³-hybridized carbons (Fsp3) is 0.769. The zero-order valence-corrected chi connectivity index (χ0v) is 10.4. The predicted octanol–water partition coefficient (Wildman–Crippen LogP) is 2.56. The van der Waals surface area contributed by atoms with Crippen LogP contribution in [0.2, 0.25) is 0 Å². The summed E-state index contributed by atoms with van der Waals surface area (Å²) in [6.07, 6.45) is 8.75. The monoisotopic (exact) mass is 226 g/mol. The van der Waals surface area contributed by atoms with Gasteiger partial charge in [0.1, 0.15) is 6.29 Å². The van der Waals surface area contributed by atoms with Gasteiger partial charge in [-0.15, -0.1) is 0 Å². The molecule has 0 bridgehead atoms. The van der Waals surface area contributed by atoms with Gasteiger partial charge in [0.05, 0.1) is 0 Å². The molecule has 1 rings (SSSR count). The number of rotatable bonds is 6. The first-order valence-electron chi connectivity index (χ1n) is 5.85. The molecule has 0 aromatic carbocycles. The Morgan fingerprint density at radius 1 is 1.50 bits per heavy atom. The third kappa shape index (κ3) is 2.71. The van der Waals surface area contributed by atoms with E-state index in [4.69, 9.17) is 9.47 Å². The van der Waals surface area contributed by atoms with Gasteiger partial charge in [-0.1, -0.05) is 19.1 Å². The molecule has 0 unspecified atom stereocenters. The van der Waals surface area contributed by atoms with Crippen molar-refractivity contribution in [2.75, 3.05) is 14.2 Å². The molecule has 0 saturated heterocycles. The van der Waals surface area contributed by atoms with E-state index < -0.39 is 0 Å². The van der Waals surface area contributed by atoms with Crippen LogP contribution in [0.15, 0.2) is 12.2 Å². The van der Waals surface area contributed by atoms with Gasteiger partial charge in [-0.3, -0.25) is 0 Å². The first-order valence-corrected chi connectivity index (χ1v) is 5.85. The van der Waals surface area contributed by atoms with Crippen LogP contribution in [0.4, 0.5) is 0 Å². The predicted molar refractivity (Wildman–Crippen MR) is 63.1 cm³/mol. The van der Waals surface area contributed by atoms with Crippen LogP contribution in [0.3, 0.4) is 0 Å². The van der Waals surface area contributed by atoms with Crippen LogP contribution in [0.25, 0.3) is 0 Å². The van der Waals surface area contributed by atoms with Crippen molar-refractivity contribution in [3.8, 4) is 0 Å². The second-order valence-corrected chi connectivity index (χ2v) is 4.63. The summed E-state index contributed by atoms with van der Waals surface area (Å²) in [5.74, 6) is 0.358. The molecule has 0 aromatic rings. The van der Waals surface area contributed by atoms with Crippen LogP contribution in [0, 0.1) is 11.3 Å². The van der Waals surface area contributed by atoms with Crippen molar-refractivity contribution in [2.45, 2.75) is 38.9 Å². The maximum Gasteiger partial charge on any atom is 0.162 e. The van der Waals surface area contributed by atoms with Crippen molar-refractivity contribution in [3.63, 3.8) is 0 Å². The number of carbonyl (C=O) groups is 1. The average molecular weight is 226 g/mol. The minimum atomic E-state index is -0.200. The van der Waals surface area contributed by atoms with Gasteiger partial charge in [0.25, 0.3) is 0 Å². The SMILES string of the molecule is COC(OC)[C@]1(C)CCC=C[C@@H]1CCC=O. The van der Waals surface area contributed by atoms with E-state index in [0.717, 1.165) is 25.5 Å². The van der Waals surface area contributed by atoms with Gasteiger partial charge in [0, 0.05) is 26.1 Å². The molecule has 0 radical (unpaired) electrons. The first-order chi connectivity index (χ1) is 7.69. The highest BCUT2D eigenvalue weighted by atomic mass is 16.7. The third-order valence-corrected chi connectivity index (χ3v) is 3.63. The highest BCUT2D eigenvalue weighted by molar-refractivity contribution is 5.49. The van der Waals surface area contributed by atoms with Gasteiger partial charge in [-0.2, -0.15) is 0 Å². The largest absolute Gasteiger partial charge is 0.355 e. The maximum atomic E-state index is 10.5. The summed E-state index contributed by atoms with van der Waals surface area (Å²) in [5, 5.41) is 0. The molecular formula is C13H22O3. The molecule has 0 aliphatic heterocycles. The number of ether oxygens (including phenoxy) is 2. The lowest BCUT2D eigenvalue weighted by molar-refractivity contribution is -0.189. The topological polar surface area (TPSA) is 35.5 Å². The van der Waals surface area contributed by atoms with E-state index in [1.54, 1.807) is 14.2 Å². The molecular weight excluding hydrogens is 204 g/mol. The van der Waals surface area contributed by atoms with Crippen molar-refractivity contribution in [2.24, 2.45) is 11.3 Å². The summed E-state index contributed by atoms with van der Waals surface area (Å²) in [7, 11) is 3.35. The molecule has 0 aromatic heterocycles. The summed E-state index contributed by atoms with van der Waals surface area (Å²) < 4.78 is 10.8. The van der Waals surface area contributed by atoms with Gasteiger partial charge in [-0.05, 0) is 25.2 Å². The number of carbonyl (C=O) groups excluding carboxylic acids is 1. The summed E-state index contributed by atoms with van der Waals surface area (Å²) in [6, 6.07) is 0. The Hall–Kier alpha value is -0.670. The summed E-state index contributed by atoms with van der Waals surface area (Å²) >= 11 is 0. The Labute approximate surface area is 97.8 Å². The second kappa shape index (κ2) is 6.16. The fourth-order valence-electron chi connectivity index (χ4n) is 2.66. The highest BCUT2D eigenvalue weighted by Crippen LogP contribution is 2.43. The lowest BCUT2D eigenvalue weighted by Gasteiger charge is -2.42. The van der Waals surface area contributed by atoms with E-state index in [2.05, 4.69) is 19.1 Å². The van der Waals surface area contributed by atoms with Crippen LogP contribution in [-0.2, 0) is 14.3 Å². The number of hydrogen-bond donors (Lipinski definition) is 0. The summed E-state index contributed by atoms with van der Waals surface area (Å²) in [5.41, 5.74) is -0.0265. The minimum Gasteiger partial charge on any atom is -0.355 e. The van der Waals surface area contributed by atoms with E-state index in [-0.39, 0.29) is 11.7 Å². The lowest BCUT2D eigenvalue weighted by Crippen LogP contribution is -2.42. The standard InChI is InChI=1S/C13H22O3/c1-13(12(15-2)16-3)9-5-4-7-11(13)8-6-10-14/h4,7,10-12H,5-6,8-9H2,1-3H3/t11-,13-/m1/s1. The molecule has 1 aliphatic carbocycles. The molecule has 1 aliphatic rings. The van der Waals surface area contributed by atoms with Gasteiger partial charge in [0.15, 0.2) is 6.29 Å². The van der Waals surface area contributed by atoms with E-state index in [1.807, 2.05) is 0 Å². The number of methoxy groups -OCH3 is 2. The van der Waals surface area contributed by atoms with E-state index >= 15 is 0 Å². The van der Waals surface area contributed by atoms with Crippen LogP contribution >= 0.6 is 0 Å². The average Bonchev–Trinajstić information content (AvgIpc) is 2.29. The van der Waals surface area contributed by atoms with Gasteiger partial charge in [0.2, 0.25) is 0 Å². The summed E-state index contributed by atoms with van der Waals surface area (Å²) in [6.45, 7) is 2.18. The molecule has 2 atom stereocenters. The molecule has 0 N–H and O–H groups in total. The fourth-order valence-corrected chi connectivity index (χ4v) is 2.66. The molecule has 0 spiro atoms. The lowest BCUT2D eigenvalue weighted by atomic mass is 9.68. The Morgan fingerprint density at radius 2 is 2.19 bits per heavy atom. The second-order valence-electron chi connectivity index (χ2n) is 4.63. The van der Waals surface area contributed by atoms with Gasteiger partial charge < -0.3 is 14.3 Å². The van der Waals surface area contributed by atoms with Crippen LogP contribution in [0.1, 0.15) is 32.6 Å². The van der Waals surface area contributed by atoms with E-state index in [1.165, 1.54) is 0 Å². The van der Waals surface area contributed by atoms with Crippen molar-refractivity contribution >= 4 is 6.29 Å². The zero-order valence-electron chi connectivity index (χ0n) is 10.4. The Morgan fingerprint density at radius 3 is 2.75 bits per heavy atom. The van der Waals surface area contributed by atoms with Gasteiger partial charge in [-0.25, -0.2) is 0 Å². The molecule has 92 valence electrons. The van der Waals surface area contributed by atoms with Crippen molar-refractivity contribution in [3.05, 3.63) is 12.2 Å². The summed E-state index contributed by atoms with van der Waals surface area (Å²) in [4.78, 5) is 10.5. The quantitative estimate of drug-likeness (QED) is 0.396. The molecule has 0 fully saturated rings. The van der Waals surface area contributed by atoms with Crippen LogP contribution in [0.5, 0.6) is 0 Å². The number of aldehydes is 1. The first kappa shape index (κ1) is 13.4. The molecule has 3 heteroatoms. The maximum absolute atomic E-state index is 10.5. The molecule has 16 heavy (non-hydrogen) atoms. The van der Waals surface area contributed by atoms with Crippen molar-refractivity contribution in [1.82, 2.24) is 0 Å². The van der Waals surface area contributed by atoms with Crippen LogP contribution < -0.4 is 0 Å². The Balaban J connectivity index is 2.79. The van der Waals surface area contributed by atoms with Crippen molar-refractivity contribution in [1.29, 1.82) is 0 Å².